The van der Waals surface area contributed by atoms with Crippen LogP contribution in [0.3, 0.4) is 0 Å². The molecule has 0 saturated heterocycles. The molecule has 1 aliphatic rings. The number of hydrogen-bond acceptors (Lipinski definition) is 4. The summed E-state index contributed by atoms with van der Waals surface area (Å²) in [5.41, 5.74) is 6.88. The Balaban J connectivity index is 1.74. The van der Waals surface area contributed by atoms with Gasteiger partial charge in [0.05, 0.1) is 0 Å². The lowest BCUT2D eigenvalue weighted by atomic mass is 9.93. The van der Waals surface area contributed by atoms with Gasteiger partial charge in [0.1, 0.15) is 0 Å². The molecule has 0 spiro atoms. The number of hydrogen-bond donors (Lipinski definition) is 2. The van der Waals surface area contributed by atoms with E-state index < -0.39 is 0 Å². The fraction of sp³-hybridized carbons (Fsp3) is 0.346. The Kier molecular flexibility index (Phi) is 5.87. The number of aromatic nitrogens is 2. The van der Waals surface area contributed by atoms with E-state index in [1.165, 1.54) is 0 Å². The maximum absolute atomic E-state index is 13.4. The molecule has 1 atom stereocenters. The Labute approximate surface area is 188 Å². The molecule has 0 aliphatic carbocycles. The summed E-state index contributed by atoms with van der Waals surface area (Å²) in [5.74, 6) is 0.0735. The third-order valence-corrected chi connectivity index (χ3v) is 6.21. The number of rotatable bonds is 5. The van der Waals surface area contributed by atoms with Crippen LogP contribution in [0.5, 0.6) is 0 Å². The Hall–Kier alpha value is -3.41. The van der Waals surface area contributed by atoms with E-state index >= 15 is 0 Å². The van der Waals surface area contributed by atoms with Gasteiger partial charge in [-0.05, 0) is 68.7 Å². The summed E-state index contributed by atoms with van der Waals surface area (Å²) in [6.45, 7) is 11.3. The quantitative estimate of drug-likeness (QED) is 0.632. The summed E-state index contributed by atoms with van der Waals surface area (Å²) < 4.78 is 0. The van der Waals surface area contributed by atoms with Crippen molar-refractivity contribution in [3.8, 4) is 11.1 Å². The van der Waals surface area contributed by atoms with Crippen molar-refractivity contribution in [1.82, 2.24) is 15.3 Å². The lowest BCUT2D eigenvalue weighted by Gasteiger charge is -2.25. The van der Waals surface area contributed by atoms with Crippen molar-refractivity contribution in [2.24, 2.45) is 0 Å². The van der Waals surface area contributed by atoms with Crippen LogP contribution in [0, 0.1) is 13.8 Å². The van der Waals surface area contributed by atoms with E-state index in [0.29, 0.717) is 17.2 Å². The second-order valence-corrected chi connectivity index (χ2v) is 8.97. The number of fused-ring (bicyclic) bond motifs is 1. The Morgan fingerprint density at radius 1 is 1.25 bits per heavy atom. The first-order valence-electron chi connectivity index (χ1n) is 11.1. The number of carbonyl (C=O) groups excluding carboxylic acids is 1. The van der Waals surface area contributed by atoms with Crippen LogP contribution >= 0.6 is 0 Å². The van der Waals surface area contributed by atoms with Crippen LogP contribution in [0.25, 0.3) is 11.1 Å². The highest BCUT2D eigenvalue weighted by atomic mass is 16.1. The molecule has 1 aliphatic heterocycles. The average Bonchev–Trinajstić information content (AvgIpc) is 3.09. The molecule has 0 saturated carbocycles. The molecule has 2 aromatic heterocycles. The van der Waals surface area contributed by atoms with Crippen molar-refractivity contribution in [2.75, 3.05) is 11.4 Å². The van der Waals surface area contributed by atoms with E-state index in [2.05, 4.69) is 47.0 Å². The van der Waals surface area contributed by atoms with Crippen LogP contribution in [-0.4, -0.2) is 28.5 Å². The van der Waals surface area contributed by atoms with Crippen molar-refractivity contribution in [2.45, 2.75) is 53.1 Å². The second kappa shape index (κ2) is 8.61. The number of aryl methyl sites for hydroxylation is 2. The monoisotopic (exact) mass is 430 g/mol. The predicted molar refractivity (Wildman–Crippen MR) is 128 cm³/mol. The Morgan fingerprint density at radius 2 is 2.03 bits per heavy atom. The molecule has 6 nitrogen and oxygen atoms in total. The SMILES string of the molecule is Cc1cc(C)c(CNC(=O)c2cc(-c3cccnc3)cc3c2C(C)CN3C(C)C)c(=O)[nH]1. The number of anilines is 1. The molecule has 6 heteroatoms. The fourth-order valence-corrected chi connectivity index (χ4v) is 4.62. The van der Waals surface area contributed by atoms with Gasteiger partial charge in [-0.3, -0.25) is 14.6 Å². The predicted octanol–water partition coefficient (Wildman–Crippen LogP) is 4.32. The van der Waals surface area contributed by atoms with E-state index in [1.54, 1.807) is 6.20 Å². The van der Waals surface area contributed by atoms with Gasteiger partial charge in [-0.2, -0.15) is 0 Å². The molecule has 4 rings (SSSR count). The van der Waals surface area contributed by atoms with Gasteiger partial charge in [0.2, 0.25) is 0 Å². The van der Waals surface area contributed by atoms with Crippen LogP contribution in [0.2, 0.25) is 0 Å². The molecule has 3 heterocycles. The molecule has 0 radical (unpaired) electrons. The fourth-order valence-electron chi connectivity index (χ4n) is 4.62. The first kappa shape index (κ1) is 21.8. The lowest BCUT2D eigenvalue weighted by molar-refractivity contribution is 0.0949. The average molecular weight is 431 g/mol. The lowest BCUT2D eigenvalue weighted by Crippen LogP contribution is -2.29. The van der Waals surface area contributed by atoms with E-state index in [1.807, 2.05) is 44.3 Å². The number of carbonyl (C=O) groups is 1. The highest BCUT2D eigenvalue weighted by molar-refractivity contribution is 5.99. The number of nitrogens with one attached hydrogen (secondary N) is 2. The van der Waals surface area contributed by atoms with Gasteiger partial charge >= 0.3 is 0 Å². The largest absolute Gasteiger partial charge is 0.368 e. The van der Waals surface area contributed by atoms with Crippen molar-refractivity contribution < 1.29 is 4.79 Å². The topological polar surface area (TPSA) is 78.1 Å². The van der Waals surface area contributed by atoms with Gasteiger partial charge in [-0.1, -0.05) is 13.0 Å². The Bertz CT molecular complexity index is 1210. The maximum atomic E-state index is 13.4. The number of H-pyrrole nitrogens is 1. The molecule has 166 valence electrons. The minimum absolute atomic E-state index is 0.156. The summed E-state index contributed by atoms with van der Waals surface area (Å²) in [6, 6.07) is 10.3. The molecule has 1 unspecified atom stereocenters. The smallest absolute Gasteiger partial charge is 0.253 e. The van der Waals surface area contributed by atoms with E-state index in [9.17, 15) is 9.59 Å². The third-order valence-electron chi connectivity index (χ3n) is 6.21. The van der Waals surface area contributed by atoms with Gasteiger partial charge < -0.3 is 15.2 Å². The van der Waals surface area contributed by atoms with Crippen molar-refractivity contribution >= 4 is 11.6 Å². The molecular formula is C26H30N4O2. The number of benzene rings is 1. The van der Waals surface area contributed by atoms with E-state index in [4.69, 9.17) is 0 Å². The molecule has 0 bridgehead atoms. The minimum atomic E-state index is -0.163. The molecule has 32 heavy (non-hydrogen) atoms. The van der Waals surface area contributed by atoms with Crippen LogP contribution in [0.4, 0.5) is 5.69 Å². The summed E-state index contributed by atoms with van der Waals surface area (Å²) in [6.07, 6.45) is 3.56. The van der Waals surface area contributed by atoms with Gasteiger partial charge in [0.25, 0.3) is 11.5 Å². The minimum Gasteiger partial charge on any atom is -0.368 e. The maximum Gasteiger partial charge on any atom is 0.253 e. The van der Waals surface area contributed by atoms with Crippen molar-refractivity contribution in [3.05, 3.63) is 81.0 Å². The van der Waals surface area contributed by atoms with Crippen LogP contribution in [-0.2, 0) is 6.54 Å². The standard InChI is InChI=1S/C26H30N4O2/c1-15(2)30-14-17(4)24-21(10-20(11-23(24)30)19-7-6-8-27-12-19)25(31)28-13-22-16(3)9-18(5)29-26(22)32/h6-12,15,17H,13-14H2,1-5H3,(H,28,31)(H,29,32). The van der Waals surface area contributed by atoms with Crippen LogP contribution in [0.15, 0.2) is 47.5 Å². The summed E-state index contributed by atoms with van der Waals surface area (Å²) in [4.78, 5) is 35.2. The first-order chi connectivity index (χ1) is 15.3. The summed E-state index contributed by atoms with van der Waals surface area (Å²) >= 11 is 0. The number of aromatic amines is 1. The van der Waals surface area contributed by atoms with E-state index in [-0.39, 0.29) is 23.9 Å². The van der Waals surface area contributed by atoms with Gasteiger partial charge in [-0.15, -0.1) is 0 Å². The molecular weight excluding hydrogens is 400 g/mol. The normalized spacial score (nSPS) is 15.2. The number of amides is 1. The first-order valence-corrected chi connectivity index (χ1v) is 11.1. The van der Waals surface area contributed by atoms with Crippen molar-refractivity contribution in [1.29, 1.82) is 0 Å². The summed E-state index contributed by atoms with van der Waals surface area (Å²) in [5, 5.41) is 3.00. The zero-order valence-electron chi connectivity index (χ0n) is 19.3. The molecule has 3 aromatic rings. The van der Waals surface area contributed by atoms with E-state index in [0.717, 1.165) is 40.2 Å². The number of pyridine rings is 2. The van der Waals surface area contributed by atoms with Crippen LogP contribution < -0.4 is 15.8 Å². The summed E-state index contributed by atoms with van der Waals surface area (Å²) in [7, 11) is 0. The van der Waals surface area contributed by atoms with Gasteiger partial charge in [0, 0.05) is 65.5 Å². The molecule has 1 aromatic carbocycles. The van der Waals surface area contributed by atoms with Crippen molar-refractivity contribution in [3.63, 3.8) is 0 Å². The zero-order chi connectivity index (χ0) is 23.0. The second-order valence-electron chi connectivity index (χ2n) is 8.97. The third kappa shape index (κ3) is 4.05. The highest BCUT2D eigenvalue weighted by Crippen LogP contribution is 2.42. The van der Waals surface area contributed by atoms with Crippen LogP contribution in [0.1, 0.15) is 59.4 Å². The molecule has 0 fully saturated rings. The zero-order valence-corrected chi connectivity index (χ0v) is 19.3. The molecule has 1 amide bonds. The highest BCUT2D eigenvalue weighted by Gasteiger charge is 2.32. The van der Waals surface area contributed by atoms with Gasteiger partial charge in [-0.25, -0.2) is 0 Å². The Morgan fingerprint density at radius 3 is 2.69 bits per heavy atom. The molecule has 2 N–H and O–H groups in total. The number of nitrogens with zero attached hydrogens (tertiary/aromatic N) is 2. The van der Waals surface area contributed by atoms with Gasteiger partial charge in [0.15, 0.2) is 0 Å².